The number of fused-ring (bicyclic) bond motifs is 2. The molecule has 1 aromatic carbocycles. The first-order chi connectivity index (χ1) is 12.6. The molecular formula is C19H24N4O3. The number of nitrogens with two attached hydrogens (primary N) is 1. The highest BCUT2D eigenvalue weighted by Gasteiger charge is 2.42. The van der Waals surface area contributed by atoms with E-state index in [1.807, 2.05) is 0 Å². The number of aromatic nitrogens is 2. The summed E-state index contributed by atoms with van der Waals surface area (Å²) in [5, 5.41) is 10.6. The number of rotatable bonds is 6. The number of carbonyl (C=O) groups excluding carboxylic acids is 1. The van der Waals surface area contributed by atoms with Crippen LogP contribution in [0.3, 0.4) is 0 Å². The van der Waals surface area contributed by atoms with E-state index in [0.29, 0.717) is 17.6 Å². The lowest BCUT2D eigenvalue weighted by Gasteiger charge is -2.28. The van der Waals surface area contributed by atoms with Crippen molar-refractivity contribution >= 4 is 11.9 Å². The van der Waals surface area contributed by atoms with Gasteiger partial charge in [-0.1, -0.05) is 11.5 Å². The number of hydrogen-bond donors (Lipinski definition) is 2. The molecule has 0 spiro atoms. The van der Waals surface area contributed by atoms with E-state index in [1.54, 1.807) is 24.3 Å². The summed E-state index contributed by atoms with van der Waals surface area (Å²) in [5.41, 5.74) is 6.17. The second kappa shape index (κ2) is 6.97. The lowest BCUT2D eigenvalue weighted by Crippen LogP contribution is -2.42. The second-order valence-corrected chi connectivity index (χ2v) is 7.45. The topological polar surface area (TPSA) is 103 Å². The van der Waals surface area contributed by atoms with Gasteiger partial charge in [-0.2, -0.15) is 0 Å². The average molecular weight is 356 g/mol. The first-order valence-electron chi connectivity index (χ1n) is 9.20. The Morgan fingerprint density at radius 2 is 2.12 bits per heavy atom. The molecule has 4 rings (SSSR count). The third kappa shape index (κ3) is 3.52. The van der Waals surface area contributed by atoms with Gasteiger partial charge >= 0.3 is 6.01 Å². The van der Waals surface area contributed by atoms with Gasteiger partial charge in [0.05, 0.1) is 0 Å². The van der Waals surface area contributed by atoms with Crippen molar-refractivity contribution < 1.29 is 13.9 Å². The van der Waals surface area contributed by atoms with Crippen molar-refractivity contribution in [2.45, 2.75) is 38.6 Å². The largest absolute Gasteiger partial charge is 0.484 e. The number of amides is 1. The van der Waals surface area contributed by atoms with Crippen molar-refractivity contribution in [2.24, 2.45) is 17.8 Å². The minimum atomic E-state index is -0.0750. The molecule has 3 N–H and O–H groups in total. The highest BCUT2D eigenvalue weighted by atomic mass is 16.5. The zero-order valence-electron chi connectivity index (χ0n) is 14.9. The summed E-state index contributed by atoms with van der Waals surface area (Å²) in [4.78, 5) is 12.2. The Kier molecular flexibility index (Phi) is 4.53. The maximum Gasteiger partial charge on any atom is 0.313 e. The van der Waals surface area contributed by atoms with E-state index in [1.165, 1.54) is 25.7 Å². The molecule has 26 heavy (non-hydrogen) atoms. The predicted octanol–water partition coefficient (Wildman–Crippen LogP) is 2.64. The van der Waals surface area contributed by atoms with Crippen LogP contribution in [0.2, 0.25) is 0 Å². The number of benzene rings is 1. The fourth-order valence-electron chi connectivity index (χ4n) is 4.50. The van der Waals surface area contributed by atoms with E-state index in [2.05, 4.69) is 22.4 Å². The van der Waals surface area contributed by atoms with Crippen LogP contribution in [0.1, 0.15) is 32.6 Å². The molecule has 2 bridgehead atoms. The van der Waals surface area contributed by atoms with Gasteiger partial charge in [0.2, 0.25) is 5.89 Å². The van der Waals surface area contributed by atoms with E-state index in [9.17, 15) is 4.79 Å². The molecule has 0 aliphatic heterocycles. The monoisotopic (exact) mass is 356 g/mol. The van der Waals surface area contributed by atoms with E-state index in [-0.39, 0.29) is 24.6 Å². The fourth-order valence-corrected chi connectivity index (χ4v) is 4.50. The molecule has 1 amide bonds. The van der Waals surface area contributed by atoms with Gasteiger partial charge in [-0.05, 0) is 68.2 Å². The van der Waals surface area contributed by atoms with Gasteiger partial charge in [-0.3, -0.25) is 4.79 Å². The molecule has 1 aromatic heterocycles. The molecule has 7 nitrogen and oxygen atoms in total. The minimum absolute atomic E-state index is 0.0119. The summed E-state index contributed by atoms with van der Waals surface area (Å²) >= 11 is 0. The lowest BCUT2D eigenvalue weighted by molar-refractivity contribution is -0.124. The molecule has 1 heterocycles. The van der Waals surface area contributed by atoms with Gasteiger partial charge < -0.3 is 20.2 Å². The zero-order valence-corrected chi connectivity index (χ0v) is 14.9. The number of nitrogens with zero attached hydrogens (tertiary/aromatic N) is 2. The zero-order chi connectivity index (χ0) is 18.1. The van der Waals surface area contributed by atoms with Gasteiger partial charge in [0.1, 0.15) is 5.75 Å². The van der Waals surface area contributed by atoms with Crippen LogP contribution in [-0.4, -0.2) is 28.8 Å². The van der Waals surface area contributed by atoms with E-state index in [4.69, 9.17) is 14.9 Å². The first-order valence-corrected chi connectivity index (χ1v) is 9.20. The quantitative estimate of drug-likeness (QED) is 0.825. The number of anilines is 1. The Balaban J connectivity index is 1.26. The molecule has 0 saturated heterocycles. The maximum absolute atomic E-state index is 12.2. The summed E-state index contributed by atoms with van der Waals surface area (Å²) in [5.74, 6) is 3.19. The Hall–Kier alpha value is -2.57. The van der Waals surface area contributed by atoms with Gasteiger partial charge in [0.15, 0.2) is 6.61 Å². The smallest absolute Gasteiger partial charge is 0.313 e. The number of nitrogen functional groups attached to an aromatic ring is 1. The van der Waals surface area contributed by atoms with Crippen molar-refractivity contribution in [1.82, 2.24) is 15.5 Å². The molecule has 2 aromatic rings. The Labute approximate surface area is 152 Å². The van der Waals surface area contributed by atoms with Crippen molar-refractivity contribution in [1.29, 1.82) is 0 Å². The van der Waals surface area contributed by atoms with Crippen LogP contribution in [0.25, 0.3) is 11.5 Å². The Bertz CT molecular complexity index is 773. The molecule has 7 heteroatoms. The van der Waals surface area contributed by atoms with Crippen LogP contribution in [0.4, 0.5) is 6.01 Å². The molecule has 2 saturated carbocycles. The lowest BCUT2D eigenvalue weighted by atomic mass is 9.84. The highest BCUT2D eigenvalue weighted by molar-refractivity contribution is 5.77. The summed E-state index contributed by atoms with van der Waals surface area (Å²) in [6.07, 6.45) is 5.30. The average Bonchev–Trinajstić information content (AvgIpc) is 3.37. The highest BCUT2D eigenvalue weighted by Crippen LogP contribution is 2.49. The van der Waals surface area contributed by atoms with Gasteiger partial charge in [-0.15, -0.1) is 5.10 Å². The van der Waals surface area contributed by atoms with Crippen LogP contribution in [0.5, 0.6) is 5.75 Å². The number of carbonyl (C=O) groups is 1. The van der Waals surface area contributed by atoms with E-state index >= 15 is 0 Å². The van der Waals surface area contributed by atoms with Crippen molar-refractivity contribution in [3.8, 4) is 17.2 Å². The maximum atomic E-state index is 12.2. The standard InChI is InChI=1S/C19H24N4O3/c1-11(16-9-12-2-3-14(16)8-12)21-17(24)10-25-15-6-4-13(5-7-15)18-22-23-19(20)26-18/h4-7,11-12,14,16H,2-3,8-10H2,1H3,(H2,20,23)(H,21,24)/t11-,12+,14+,16-/m1/s1. The molecule has 0 unspecified atom stereocenters. The summed E-state index contributed by atoms with van der Waals surface area (Å²) < 4.78 is 10.8. The van der Waals surface area contributed by atoms with Crippen molar-refractivity contribution in [3.63, 3.8) is 0 Å². The summed E-state index contributed by atoms with van der Waals surface area (Å²) in [7, 11) is 0. The van der Waals surface area contributed by atoms with Crippen LogP contribution >= 0.6 is 0 Å². The van der Waals surface area contributed by atoms with Crippen molar-refractivity contribution in [2.75, 3.05) is 12.3 Å². The molecule has 138 valence electrons. The molecule has 0 radical (unpaired) electrons. The third-order valence-corrected chi connectivity index (χ3v) is 5.74. The SMILES string of the molecule is C[C@@H](NC(=O)COc1ccc(-c2nnc(N)o2)cc1)[C@H]1C[C@H]2CC[C@H]1C2. The number of nitrogens with one attached hydrogen (secondary N) is 1. The van der Waals surface area contributed by atoms with Gasteiger partial charge in [0, 0.05) is 11.6 Å². The van der Waals surface area contributed by atoms with Gasteiger partial charge in [-0.25, -0.2) is 0 Å². The van der Waals surface area contributed by atoms with E-state index in [0.717, 1.165) is 17.4 Å². The fraction of sp³-hybridized carbons (Fsp3) is 0.526. The molecule has 2 fully saturated rings. The number of ether oxygens (including phenoxy) is 1. The first kappa shape index (κ1) is 16.9. The number of hydrogen-bond acceptors (Lipinski definition) is 6. The molecule has 4 atom stereocenters. The third-order valence-electron chi connectivity index (χ3n) is 5.74. The minimum Gasteiger partial charge on any atom is -0.484 e. The van der Waals surface area contributed by atoms with Crippen LogP contribution in [0, 0.1) is 17.8 Å². The van der Waals surface area contributed by atoms with Crippen molar-refractivity contribution in [3.05, 3.63) is 24.3 Å². The predicted molar refractivity (Wildman–Crippen MR) is 96.2 cm³/mol. The Morgan fingerprint density at radius 1 is 1.31 bits per heavy atom. The molecule has 2 aliphatic rings. The summed E-state index contributed by atoms with van der Waals surface area (Å²) in [6.45, 7) is 2.13. The molecule has 2 aliphatic carbocycles. The van der Waals surface area contributed by atoms with Gasteiger partial charge in [0.25, 0.3) is 5.91 Å². The van der Waals surface area contributed by atoms with Crippen LogP contribution < -0.4 is 15.8 Å². The van der Waals surface area contributed by atoms with Crippen LogP contribution in [0.15, 0.2) is 28.7 Å². The summed E-state index contributed by atoms with van der Waals surface area (Å²) in [6, 6.07) is 7.36. The second-order valence-electron chi connectivity index (χ2n) is 7.45. The molecular weight excluding hydrogens is 332 g/mol. The Morgan fingerprint density at radius 3 is 2.73 bits per heavy atom. The van der Waals surface area contributed by atoms with Crippen LogP contribution in [-0.2, 0) is 4.79 Å². The normalized spacial score (nSPS) is 25.2. The van der Waals surface area contributed by atoms with E-state index < -0.39 is 0 Å².